The molecule has 3 heterocycles. The minimum atomic E-state index is -3.76. The lowest BCUT2D eigenvalue weighted by atomic mass is 10.1. The monoisotopic (exact) mass is 469 g/mol. The maximum Gasteiger partial charge on any atom is 0.273 e. The minimum absolute atomic E-state index is 0.0531. The molecule has 0 saturated carbocycles. The number of rotatable bonds is 6. The molecule has 1 aliphatic heterocycles. The van der Waals surface area contributed by atoms with Gasteiger partial charge in [0.1, 0.15) is 5.69 Å². The van der Waals surface area contributed by atoms with Crippen LogP contribution in [0.4, 0.5) is 10.8 Å². The van der Waals surface area contributed by atoms with Crippen molar-refractivity contribution in [3.8, 4) is 22.8 Å². The summed E-state index contributed by atoms with van der Waals surface area (Å²) < 4.78 is 37.9. The van der Waals surface area contributed by atoms with Gasteiger partial charge in [-0.2, -0.15) is 5.10 Å². The first kappa shape index (κ1) is 20.0. The van der Waals surface area contributed by atoms with Gasteiger partial charge in [0, 0.05) is 22.8 Å². The summed E-state index contributed by atoms with van der Waals surface area (Å²) in [5, 5.41) is 11.5. The highest BCUT2D eigenvalue weighted by atomic mass is 32.2. The van der Waals surface area contributed by atoms with Crippen LogP contribution < -0.4 is 19.5 Å². The summed E-state index contributed by atoms with van der Waals surface area (Å²) in [5.74, 6) is 0.867. The Hall–Kier alpha value is -3.90. The molecule has 10 nitrogen and oxygen atoms in total. The molecule has 32 heavy (non-hydrogen) atoms. The summed E-state index contributed by atoms with van der Waals surface area (Å²) in [4.78, 5) is 16.5. The molecule has 3 N–H and O–H groups in total. The Labute approximate surface area is 186 Å². The van der Waals surface area contributed by atoms with E-state index >= 15 is 0 Å². The van der Waals surface area contributed by atoms with E-state index in [0.717, 1.165) is 5.56 Å². The molecule has 0 spiro atoms. The van der Waals surface area contributed by atoms with E-state index in [0.29, 0.717) is 22.9 Å². The van der Waals surface area contributed by atoms with Crippen molar-refractivity contribution in [2.24, 2.45) is 0 Å². The van der Waals surface area contributed by atoms with Gasteiger partial charge in [-0.1, -0.05) is 0 Å². The molecule has 1 amide bonds. The van der Waals surface area contributed by atoms with Crippen molar-refractivity contribution in [2.45, 2.75) is 4.90 Å². The Bertz CT molecular complexity index is 1380. The molecule has 1 aliphatic rings. The average molecular weight is 470 g/mol. The fraction of sp³-hybridized carbons (Fsp3) is 0.0500. The Kier molecular flexibility index (Phi) is 4.99. The number of hydrogen-bond acceptors (Lipinski definition) is 8. The van der Waals surface area contributed by atoms with E-state index in [9.17, 15) is 13.2 Å². The molecule has 12 heteroatoms. The number of nitrogens with zero attached hydrogens (tertiary/aromatic N) is 2. The molecular formula is C20H15N5O5S2. The van der Waals surface area contributed by atoms with Crippen molar-refractivity contribution >= 4 is 38.1 Å². The van der Waals surface area contributed by atoms with Crippen LogP contribution in [0, 0.1) is 0 Å². The fourth-order valence-corrected chi connectivity index (χ4v) is 4.79. The van der Waals surface area contributed by atoms with Gasteiger partial charge in [-0.25, -0.2) is 13.4 Å². The Morgan fingerprint density at radius 2 is 1.88 bits per heavy atom. The minimum Gasteiger partial charge on any atom is -0.454 e. The van der Waals surface area contributed by atoms with Crippen LogP contribution in [0.2, 0.25) is 0 Å². The van der Waals surface area contributed by atoms with Gasteiger partial charge in [0.25, 0.3) is 15.9 Å². The largest absolute Gasteiger partial charge is 0.454 e. The van der Waals surface area contributed by atoms with Crippen LogP contribution in [0.25, 0.3) is 11.3 Å². The molecule has 0 aliphatic carbocycles. The van der Waals surface area contributed by atoms with Crippen LogP contribution in [0.5, 0.6) is 11.5 Å². The van der Waals surface area contributed by atoms with Gasteiger partial charge in [-0.3, -0.25) is 14.6 Å². The molecule has 0 atom stereocenters. The number of anilines is 2. The van der Waals surface area contributed by atoms with Crippen LogP contribution in [-0.2, 0) is 10.0 Å². The molecule has 4 aromatic rings. The van der Waals surface area contributed by atoms with Crippen LogP contribution in [0.15, 0.2) is 65.0 Å². The molecule has 2 aromatic carbocycles. The maximum absolute atomic E-state index is 12.6. The third-order valence-corrected chi connectivity index (χ3v) is 6.74. The zero-order valence-electron chi connectivity index (χ0n) is 16.2. The predicted octanol–water partition coefficient (Wildman–Crippen LogP) is 3.32. The molecule has 5 rings (SSSR count). The summed E-state index contributed by atoms with van der Waals surface area (Å²) in [5.41, 5.74) is 2.03. The standard InChI is InChI=1S/C20H15N5O5S2/c26-19(16-10-15(23-24-16)12-1-6-17-18(9-12)30-11-29-17)22-13-2-4-14(5-3-13)32(27,28)25-20-21-7-8-31-20/h1-10H,11H2,(H,21,25)(H,22,26)(H,23,24). The van der Waals surface area contributed by atoms with E-state index in [-0.39, 0.29) is 22.5 Å². The number of fused-ring (bicyclic) bond motifs is 1. The number of H-pyrrole nitrogens is 1. The highest BCUT2D eigenvalue weighted by Gasteiger charge is 2.18. The number of amides is 1. The first-order valence-corrected chi connectivity index (χ1v) is 11.6. The number of aromatic nitrogens is 3. The second-order valence-corrected chi connectivity index (χ2v) is 9.23. The van der Waals surface area contributed by atoms with Gasteiger partial charge in [-0.15, -0.1) is 11.3 Å². The lowest BCUT2D eigenvalue weighted by Gasteiger charge is -2.07. The van der Waals surface area contributed by atoms with Crippen molar-refractivity contribution in [1.29, 1.82) is 0 Å². The van der Waals surface area contributed by atoms with Gasteiger partial charge in [0.2, 0.25) is 6.79 Å². The second-order valence-electron chi connectivity index (χ2n) is 6.66. The lowest BCUT2D eigenvalue weighted by Crippen LogP contribution is -2.14. The number of benzene rings is 2. The first-order valence-electron chi connectivity index (χ1n) is 9.27. The number of carbonyl (C=O) groups is 1. The van der Waals surface area contributed by atoms with Crippen molar-refractivity contribution in [3.63, 3.8) is 0 Å². The number of sulfonamides is 1. The zero-order chi connectivity index (χ0) is 22.1. The van der Waals surface area contributed by atoms with Crippen molar-refractivity contribution in [2.75, 3.05) is 16.8 Å². The van der Waals surface area contributed by atoms with Crippen LogP contribution in [0.1, 0.15) is 10.5 Å². The Morgan fingerprint density at radius 3 is 2.66 bits per heavy atom. The van der Waals surface area contributed by atoms with Crippen molar-refractivity contribution in [3.05, 3.63) is 65.8 Å². The number of aromatic amines is 1. The second kappa shape index (κ2) is 7.98. The van der Waals surface area contributed by atoms with Gasteiger partial charge in [0.05, 0.1) is 10.6 Å². The Morgan fingerprint density at radius 1 is 1.06 bits per heavy atom. The van der Waals surface area contributed by atoms with Crippen LogP contribution in [0.3, 0.4) is 0 Å². The summed E-state index contributed by atoms with van der Waals surface area (Å²) in [6.07, 6.45) is 1.51. The van der Waals surface area contributed by atoms with E-state index in [1.807, 2.05) is 6.07 Å². The number of nitrogens with one attached hydrogen (secondary N) is 3. The summed E-state index contributed by atoms with van der Waals surface area (Å²) in [6.45, 7) is 0.175. The summed E-state index contributed by atoms with van der Waals surface area (Å²) >= 11 is 1.18. The van der Waals surface area contributed by atoms with E-state index in [1.54, 1.807) is 23.6 Å². The maximum atomic E-state index is 12.6. The normalized spacial score (nSPS) is 12.5. The molecular weight excluding hydrogens is 454 g/mol. The van der Waals surface area contributed by atoms with Gasteiger partial charge in [0.15, 0.2) is 16.6 Å². The molecule has 162 valence electrons. The topological polar surface area (TPSA) is 135 Å². The highest BCUT2D eigenvalue weighted by Crippen LogP contribution is 2.35. The van der Waals surface area contributed by atoms with E-state index < -0.39 is 15.9 Å². The lowest BCUT2D eigenvalue weighted by molar-refractivity contribution is 0.102. The molecule has 0 saturated heterocycles. The highest BCUT2D eigenvalue weighted by molar-refractivity contribution is 7.93. The average Bonchev–Trinajstić information content (AvgIpc) is 3.54. The molecule has 0 unspecified atom stereocenters. The van der Waals surface area contributed by atoms with Gasteiger partial charge < -0.3 is 14.8 Å². The van der Waals surface area contributed by atoms with Gasteiger partial charge >= 0.3 is 0 Å². The van der Waals surface area contributed by atoms with E-state index in [1.165, 1.54) is 41.8 Å². The number of carbonyl (C=O) groups excluding carboxylic acids is 1. The number of ether oxygens (including phenoxy) is 2. The van der Waals surface area contributed by atoms with Gasteiger partial charge in [-0.05, 0) is 48.5 Å². The first-order chi connectivity index (χ1) is 15.5. The molecule has 2 aromatic heterocycles. The van der Waals surface area contributed by atoms with Crippen LogP contribution >= 0.6 is 11.3 Å². The zero-order valence-corrected chi connectivity index (χ0v) is 17.9. The summed E-state index contributed by atoms with van der Waals surface area (Å²) in [7, 11) is -3.76. The molecule has 0 fully saturated rings. The third-order valence-electron chi connectivity index (χ3n) is 4.57. The SMILES string of the molecule is O=C(Nc1ccc(S(=O)(=O)Nc2nccs2)cc1)c1cc(-c2ccc3c(c2)OCO3)n[nH]1. The number of thiazole rings is 1. The quantitative estimate of drug-likeness (QED) is 0.394. The smallest absolute Gasteiger partial charge is 0.273 e. The van der Waals surface area contributed by atoms with Crippen molar-refractivity contribution < 1.29 is 22.7 Å². The fourth-order valence-electron chi connectivity index (χ4n) is 3.01. The van der Waals surface area contributed by atoms with E-state index in [4.69, 9.17) is 9.47 Å². The Balaban J connectivity index is 1.27. The van der Waals surface area contributed by atoms with Crippen molar-refractivity contribution in [1.82, 2.24) is 15.2 Å². The van der Waals surface area contributed by atoms with Crippen LogP contribution in [-0.4, -0.2) is 36.3 Å². The predicted molar refractivity (Wildman–Crippen MR) is 117 cm³/mol. The third kappa shape index (κ3) is 4.00. The number of hydrogen-bond donors (Lipinski definition) is 3. The molecule has 0 radical (unpaired) electrons. The molecule has 0 bridgehead atoms. The van der Waals surface area contributed by atoms with E-state index in [2.05, 4.69) is 25.2 Å². The summed E-state index contributed by atoms with van der Waals surface area (Å²) in [6, 6.07) is 12.8.